The van der Waals surface area contributed by atoms with Gasteiger partial charge in [0.25, 0.3) is 5.91 Å². The van der Waals surface area contributed by atoms with Gasteiger partial charge in [-0.1, -0.05) is 35.5 Å². The minimum absolute atomic E-state index is 0.158. The van der Waals surface area contributed by atoms with Crippen molar-refractivity contribution in [1.82, 2.24) is 20.0 Å². The molecule has 6 nitrogen and oxygen atoms in total. The zero-order valence-corrected chi connectivity index (χ0v) is 15.0. The van der Waals surface area contributed by atoms with Crippen LogP contribution in [0.4, 0.5) is 0 Å². The van der Waals surface area contributed by atoms with Crippen LogP contribution in [0.5, 0.6) is 0 Å². The Hall–Kier alpha value is -2.12. The molecule has 0 aliphatic carbocycles. The minimum atomic E-state index is -0.158. The minimum Gasteiger partial charge on any atom is -0.343 e. The van der Waals surface area contributed by atoms with E-state index in [1.54, 1.807) is 21.9 Å². The van der Waals surface area contributed by atoms with Crippen LogP contribution >= 0.6 is 23.4 Å². The number of halogens is 1. The van der Waals surface area contributed by atoms with E-state index in [-0.39, 0.29) is 5.91 Å². The Kier molecular flexibility index (Phi) is 5.88. The topological polar surface area (TPSA) is 66.4 Å². The van der Waals surface area contributed by atoms with Crippen molar-refractivity contribution in [3.8, 4) is 0 Å². The van der Waals surface area contributed by atoms with Gasteiger partial charge < -0.3 is 9.80 Å². The second-order valence-electron chi connectivity index (χ2n) is 5.58. The predicted octanol–water partition coefficient (Wildman–Crippen LogP) is 2.59. The molecule has 0 N–H and O–H groups in total. The Bertz CT molecular complexity index is 757. The average Bonchev–Trinajstić information content (AvgIpc) is 2.89. The molecular weight excluding hydrogens is 360 g/mol. The van der Waals surface area contributed by atoms with Crippen LogP contribution in [0.3, 0.4) is 0 Å². The van der Waals surface area contributed by atoms with Gasteiger partial charge in [0.1, 0.15) is 5.03 Å². The Morgan fingerprint density at radius 2 is 1.92 bits per heavy atom. The first-order valence-electron chi connectivity index (χ1n) is 7.92. The monoisotopic (exact) mass is 376 g/mol. The molecule has 0 radical (unpaired) electrons. The molecule has 1 aliphatic rings. The lowest BCUT2D eigenvalue weighted by atomic mass is 10.3. The lowest BCUT2D eigenvalue weighted by molar-refractivity contribution is -0.118. The smallest absolute Gasteiger partial charge is 0.274 e. The van der Waals surface area contributed by atoms with E-state index in [4.69, 9.17) is 11.6 Å². The molecule has 0 bridgehead atoms. The molecular formula is C17H17ClN4O2S. The quantitative estimate of drug-likeness (QED) is 0.767. The van der Waals surface area contributed by atoms with E-state index in [9.17, 15) is 9.59 Å². The summed E-state index contributed by atoms with van der Waals surface area (Å²) in [6.07, 6.45) is 1.59. The Balaban J connectivity index is 1.66. The molecule has 0 spiro atoms. The number of hydrogen-bond acceptors (Lipinski definition) is 5. The van der Waals surface area contributed by atoms with Crippen molar-refractivity contribution in [2.45, 2.75) is 16.3 Å². The third-order valence-electron chi connectivity index (χ3n) is 3.88. The maximum Gasteiger partial charge on any atom is 0.274 e. The molecule has 2 amide bonds. The number of aromatic nitrogens is 2. The highest BCUT2D eigenvalue weighted by Crippen LogP contribution is 2.31. The normalized spacial score (nSPS) is 14.9. The number of benzene rings is 1. The first kappa shape index (κ1) is 17.7. The molecule has 1 aromatic heterocycles. The molecule has 1 saturated heterocycles. The van der Waals surface area contributed by atoms with Gasteiger partial charge in [0, 0.05) is 31.1 Å². The van der Waals surface area contributed by atoms with E-state index < -0.39 is 0 Å². The largest absolute Gasteiger partial charge is 0.343 e. The summed E-state index contributed by atoms with van der Waals surface area (Å²) in [6, 6.07) is 10.9. The molecule has 3 rings (SSSR count). The number of amides is 2. The SMILES string of the molecule is O=CN1CCCN(C(=O)c2ccc(Sc3ccccc3Cl)nn2)CC1. The molecule has 0 atom stereocenters. The number of nitrogens with zero attached hydrogens (tertiary/aromatic N) is 4. The van der Waals surface area contributed by atoms with E-state index in [0.717, 1.165) is 17.7 Å². The lowest BCUT2D eigenvalue weighted by Gasteiger charge is -2.19. The number of hydrogen-bond donors (Lipinski definition) is 0. The van der Waals surface area contributed by atoms with E-state index in [2.05, 4.69) is 10.2 Å². The Labute approximate surface area is 155 Å². The standard InChI is InChI=1S/C17H17ClN4O2S/c18-13-4-1-2-5-15(13)25-16-7-6-14(19-20-16)17(24)22-9-3-8-21(12-23)10-11-22/h1-2,4-7,12H,3,8-11H2. The summed E-state index contributed by atoms with van der Waals surface area (Å²) in [5, 5.41) is 9.51. The van der Waals surface area contributed by atoms with Gasteiger partial charge in [0.05, 0.1) is 5.02 Å². The molecule has 130 valence electrons. The van der Waals surface area contributed by atoms with Crippen molar-refractivity contribution in [1.29, 1.82) is 0 Å². The van der Waals surface area contributed by atoms with Crippen molar-refractivity contribution < 1.29 is 9.59 Å². The van der Waals surface area contributed by atoms with Gasteiger partial charge >= 0.3 is 0 Å². The molecule has 0 unspecified atom stereocenters. The third kappa shape index (κ3) is 4.49. The van der Waals surface area contributed by atoms with Crippen molar-refractivity contribution in [2.24, 2.45) is 0 Å². The van der Waals surface area contributed by atoms with E-state index >= 15 is 0 Å². The van der Waals surface area contributed by atoms with Gasteiger partial charge in [-0.3, -0.25) is 9.59 Å². The second-order valence-corrected chi connectivity index (χ2v) is 7.05. The van der Waals surface area contributed by atoms with Crippen molar-refractivity contribution in [3.63, 3.8) is 0 Å². The van der Waals surface area contributed by atoms with Crippen LogP contribution in [0.2, 0.25) is 5.02 Å². The Morgan fingerprint density at radius 3 is 2.64 bits per heavy atom. The molecule has 0 saturated carbocycles. The summed E-state index contributed by atoms with van der Waals surface area (Å²) < 4.78 is 0. The number of rotatable bonds is 4. The first-order chi connectivity index (χ1) is 12.2. The zero-order chi connectivity index (χ0) is 17.6. The van der Waals surface area contributed by atoms with Crippen LogP contribution in [0.15, 0.2) is 46.3 Å². The van der Waals surface area contributed by atoms with Crippen LogP contribution in [-0.4, -0.2) is 58.5 Å². The highest BCUT2D eigenvalue weighted by Gasteiger charge is 2.21. The van der Waals surface area contributed by atoms with E-state index in [1.807, 2.05) is 24.3 Å². The molecule has 2 aromatic rings. The second kappa shape index (κ2) is 8.31. The van der Waals surface area contributed by atoms with Gasteiger partial charge in [-0.15, -0.1) is 10.2 Å². The van der Waals surface area contributed by atoms with Crippen LogP contribution in [0.25, 0.3) is 0 Å². The summed E-state index contributed by atoms with van der Waals surface area (Å²) in [6.45, 7) is 2.34. The third-order valence-corrected chi connectivity index (χ3v) is 5.32. The first-order valence-corrected chi connectivity index (χ1v) is 9.11. The van der Waals surface area contributed by atoms with Crippen LogP contribution < -0.4 is 0 Å². The predicted molar refractivity (Wildman–Crippen MR) is 95.8 cm³/mol. The fourth-order valence-corrected chi connectivity index (χ4v) is 3.54. The summed E-state index contributed by atoms with van der Waals surface area (Å²) in [7, 11) is 0. The fourth-order valence-electron chi connectivity index (χ4n) is 2.54. The molecule has 1 aromatic carbocycles. The molecule has 25 heavy (non-hydrogen) atoms. The van der Waals surface area contributed by atoms with Gasteiger partial charge in [-0.25, -0.2) is 0 Å². The van der Waals surface area contributed by atoms with E-state index in [0.29, 0.717) is 41.9 Å². The highest BCUT2D eigenvalue weighted by atomic mass is 35.5. The van der Waals surface area contributed by atoms with Crippen molar-refractivity contribution >= 4 is 35.7 Å². The van der Waals surface area contributed by atoms with Gasteiger partial charge in [-0.05, 0) is 30.7 Å². The number of carbonyl (C=O) groups excluding carboxylic acids is 2. The summed E-state index contributed by atoms with van der Waals surface area (Å²) in [5.74, 6) is -0.158. The van der Waals surface area contributed by atoms with Crippen molar-refractivity contribution in [3.05, 3.63) is 47.1 Å². The molecule has 2 heterocycles. The van der Waals surface area contributed by atoms with Crippen LogP contribution in [0.1, 0.15) is 16.9 Å². The van der Waals surface area contributed by atoms with Crippen LogP contribution in [0, 0.1) is 0 Å². The molecule has 1 fully saturated rings. The average molecular weight is 377 g/mol. The molecule has 8 heteroatoms. The van der Waals surface area contributed by atoms with Crippen molar-refractivity contribution in [2.75, 3.05) is 26.2 Å². The molecule has 1 aliphatic heterocycles. The fraction of sp³-hybridized carbons (Fsp3) is 0.294. The summed E-state index contributed by atoms with van der Waals surface area (Å²) >= 11 is 7.54. The Morgan fingerprint density at radius 1 is 1.08 bits per heavy atom. The van der Waals surface area contributed by atoms with Gasteiger partial charge in [-0.2, -0.15) is 0 Å². The highest BCUT2D eigenvalue weighted by molar-refractivity contribution is 7.99. The van der Waals surface area contributed by atoms with Gasteiger partial charge in [0.15, 0.2) is 5.69 Å². The number of carbonyl (C=O) groups is 2. The maximum atomic E-state index is 12.6. The van der Waals surface area contributed by atoms with Crippen LogP contribution in [-0.2, 0) is 4.79 Å². The summed E-state index contributed by atoms with van der Waals surface area (Å²) in [5.41, 5.74) is 0.308. The summed E-state index contributed by atoms with van der Waals surface area (Å²) in [4.78, 5) is 27.7. The lowest BCUT2D eigenvalue weighted by Crippen LogP contribution is -2.35. The zero-order valence-electron chi connectivity index (χ0n) is 13.5. The van der Waals surface area contributed by atoms with E-state index in [1.165, 1.54) is 11.8 Å². The van der Waals surface area contributed by atoms with Gasteiger partial charge in [0.2, 0.25) is 6.41 Å². The maximum absolute atomic E-state index is 12.6.